The molecule has 0 aliphatic heterocycles. The minimum absolute atomic E-state index is 0.00569. The lowest BCUT2D eigenvalue weighted by molar-refractivity contribution is -0.283. The molecule has 0 spiro atoms. The summed E-state index contributed by atoms with van der Waals surface area (Å²) in [4.78, 5) is 19.0. The monoisotopic (exact) mass is 162 g/mol. The summed E-state index contributed by atoms with van der Waals surface area (Å²) < 4.78 is 0. The molecule has 0 saturated carbocycles. The highest BCUT2D eigenvalue weighted by Crippen LogP contribution is 2.13. The molecular weight excluding hydrogens is 148 g/mol. The number of hydrogen-bond donors (Lipinski definition) is 1. The number of aliphatic hydroxyl groups excluding tert-OH is 1. The molecular formula is C7H14O4. The molecule has 0 aromatic carbocycles. The van der Waals surface area contributed by atoms with Gasteiger partial charge in [0.2, 0.25) is 0 Å². The zero-order valence-electron chi connectivity index (χ0n) is 7.09. The summed E-state index contributed by atoms with van der Waals surface area (Å²) in [6, 6.07) is 0. The number of rotatable bonds is 4. The minimum Gasteiger partial charge on any atom is -0.396 e. The van der Waals surface area contributed by atoms with E-state index in [0.717, 1.165) is 0 Å². The van der Waals surface area contributed by atoms with Crippen molar-refractivity contribution >= 4 is 5.97 Å². The van der Waals surface area contributed by atoms with E-state index in [-0.39, 0.29) is 18.6 Å². The Hall–Kier alpha value is -0.610. The summed E-state index contributed by atoms with van der Waals surface area (Å²) in [5.41, 5.74) is -0.366. The van der Waals surface area contributed by atoms with Crippen molar-refractivity contribution in [3.8, 4) is 0 Å². The van der Waals surface area contributed by atoms with Gasteiger partial charge >= 0.3 is 5.97 Å². The van der Waals surface area contributed by atoms with Gasteiger partial charge in [-0.1, -0.05) is 13.8 Å². The summed E-state index contributed by atoms with van der Waals surface area (Å²) in [7, 11) is 0. The first-order valence-corrected chi connectivity index (χ1v) is 3.39. The molecule has 4 heteroatoms. The van der Waals surface area contributed by atoms with Gasteiger partial charge in [0.05, 0.1) is 6.61 Å². The Morgan fingerprint density at radius 3 is 2.45 bits per heavy atom. The standard InChI is InChI=1S/C7H14O4/c1-6(9)11-10-5-7(2,3)4-8/h8H,4-5H2,1-3H3. The van der Waals surface area contributed by atoms with Crippen molar-refractivity contribution in [1.29, 1.82) is 0 Å². The lowest BCUT2D eigenvalue weighted by Crippen LogP contribution is -2.24. The molecule has 1 N–H and O–H groups in total. The molecule has 4 nitrogen and oxygen atoms in total. The van der Waals surface area contributed by atoms with Crippen molar-refractivity contribution in [3.63, 3.8) is 0 Å². The molecule has 0 aromatic heterocycles. The maximum atomic E-state index is 10.2. The lowest BCUT2D eigenvalue weighted by Gasteiger charge is -2.19. The SMILES string of the molecule is CC(=O)OOCC(C)(C)CO. The predicted molar refractivity (Wildman–Crippen MR) is 38.6 cm³/mol. The van der Waals surface area contributed by atoms with Crippen LogP contribution in [0.4, 0.5) is 0 Å². The molecule has 0 fully saturated rings. The molecule has 66 valence electrons. The van der Waals surface area contributed by atoms with E-state index >= 15 is 0 Å². The Kier molecular flexibility index (Phi) is 4.07. The van der Waals surface area contributed by atoms with Crippen LogP contribution in [0.5, 0.6) is 0 Å². The largest absolute Gasteiger partial charge is 0.396 e. The smallest absolute Gasteiger partial charge is 0.339 e. The minimum atomic E-state index is -0.487. The van der Waals surface area contributed by atoms with Gasteiger partial charge in [-0.05, 0) is 0 Å². The first-order chi connectivity index (χ1) is 4.98. The summed E-state index contributed by atoms with van der Waals surface area (Å²) >= 11 is 0. The molecule has 0 aromatic rings. The third-order valence-corrected chi connectivity index (χ3v) is 1.05. The van der Waals surface area contributed by atoms with E-state index in [1.165, 1.54) is 6.92 Å². The van der Waals surface area contributed by atoms with Crippen LogP contribution in [0, 0.1) is 5.41 Å². The van der Waals surface area contributed by atoms with Gasteiger partial charge in [-0.2, -0.15) is 4.89 Å². The second-order valence-corrected chi connectivity index (χ2v) is 3.16. The van der Waals surface area contributed by atoms with Gasteiger partial charge < -0.3 is 5.11 Å². The molecule has 0 aliphatic rings. The van der Waals surface area contributed by atoms with E-state index in [9.17, 15) is 4.79 Å². The van der Waals surface area contributed by atoms with Crippen LogP contribution in [0.2, 0.25) is 0 Å². The predicted octanol–water partition coefficient (Wildman–Crippen LogP) is 0.500. The van der Waals surface area contributed by atoms with E-state index in [1.54, 1.807) is 13.8 Å². The van der Waals surface area contributed by atoms with Crippen molar-refractivity contribution in [3.05, 3.63) is 0 Å². The Morgan fingerprint density at radius 2 is 2.09 bits per heavy atom. The van der Waals surface area contributed by atoms with E-state index in [2.05, 4.69) is 9.78 Å². The van der Waals surface area contributed by atoms with Gasteiger partial charge in [-0.25, -0.2) is 4.79 Å². The number of carbonyl (C=O) groups excluding carboxylic acids is 1. The molecule has 0 saturated heterocycles. The average molecular weight is 162 g/mol. The van der Waals surface area contributed by atoms with Crippen molar-refractivity contribution in [1.82, 2.24) is 0 Å². The quantitative estimate of drug-likeness (QED) is 0.483. The van der Waals surface area contributed by atoms with Gasteiger partial charge in [0.15, 0.2) is 0 Å². The summed E-state index contributed by atoms with van der Waals surface area (Å²) in [6.07, 6.45) is 0. The average Bonchev–Trinajstić information content (AvgIpc) is 1.87. The fourth-order valence-electron chi connectivity index (χ4n) is 0.318. The second-order valence-electron chi connectivity index (χ2n) is 3.16. The molecule has 0 bridgehead atoms. The first kappa shape index (κ1) is 10.4. The first-order valence-electron chi connectivity index (χ1n) is 3.39. The fraction of sp³-hybridized carbons (Fsp3) is 0.857. The normalized spacial score (nSPS) is 11.3. The Bertz CT molecular complexity index is 130. The number of aliphatic hydroxyl groups is 1. The highest BCUT2D eigenvalue weighted by atomic mass is 17.2. The van der Waals surface area contributed by atoms with E-state index < -0.39 is 5.97 Å². The maximum absolute atomic E-state index is 10.2. The molecule has 0 atom stereocenters. The highest BCUT2D eigenvalue weighted by Gasteiger charge is 2.17. The van der Waals surface area contributed by atoms with Crippen LogP contribution in [0.15, 0.2) is 0 Å². The Balaban J connectivity index is 3.45. The Morgan fingerprint density at radius 1 is 1.55 bits per heavy atom. The van der Waals surface area contributed by atoms with Crippen LogP contribution in [-0.4, -0.2) is 24.3 Å². The molecule has 0 amide bonds. The zero-order valence-corrected chi connectivity index (χ0v) is 7.09. The van der Waals surface area contributed by atoms with Gasteiger partial charge in [-0.15, -0.1) is 0 Å². The molecule has 0 heterocycles. The van der Waals surface area contributed by atoms with Crippen LogP contribution in [0.3, 0.4) is 0 Å². The van der Waals surface area contributed by atoms with E-state index in [4.69, 9.17) is 5.11 Å². The molecule has 11 heavy (non-hydrogen) atoms. The van der Waals surface area contributed by atoms with Crippen molar-refractivity contribution in [2.75, 3.05) is 13.2 Å². The maximum Gasteiger partial charge on any atom is 0.339 e. The Labute approximate surface area is 66.0 Å². The van der Waals surface area contributed by atoms with Crippen LogP contribution < -0.4 is 0 Å². The van der Waals surface area contributed by atoms with Crippen LogP contribution in [-0.2, 0) is 14.6 Å². The zero-order chi connectivity index (χ0) is 8.91. The van der Waals surface area contributed by atoms with E-state index in [0.29, 0.717) is 0 Å². The molecule has 0 aliphatic carbocycles. The van der Waals surface area contributed by atoms with Gasteiger partial charge in [0.1, 0.15) is 6.61 Å². The molecule has 0 rings (SSSR count). The lowest BCUT2D eigenvalue weighted by atomic mass is 9.97. The summed E-state index contributed by atoms with van der Waals surface area (Å²) in [5, 5.41) is 8.74. The van der Waals surface area contributed by atoms with Crippen LogP contribution >= 0.6 is 0 Å². The highest BCUT2D eigenvalue weighted by molar-refractivity contribution is 5.65. The number of hydrogen-bond acceptors (Lipinski definition) is 4. The van der Waals surface area contributed by atoms with Gasteiger partial charge in [0.25, 0.3) is 0 Å². The van der Waals surface area contributed by atoms with Crippen LogP contribution in [0.1, 0.15) is 20.8 Å². The van der Waals surface area contributed by atoms with Gasteiger partial charge in [-0.3, -0.25) is 4.89 Å². The topological polar surface area (TPSA) is 55.8 Å². The molecule has 0 radical (unpaired) electrons. The van der Waals surface area contributed by atoms with E-state index in [1.807, 2.05) is 0 Å². The van der Waals surface area contributed by atoms with Crippen molar-refractivity contribution in [2.45, 2.75) is 20.8 Å². The fourth-order valence-corrected chi connectivity index (χ4v) is 0.318. The van der Waals surface area contributed by atoms with Crippen molar-refractivity contribution in [2.24, 2.45) is 5.41 Å². The van der Waals surface area contributed by atoms with Crippen molar-refractivity contribution < 1.29 is 19.7 Å². The molecule has 0 unspecified atom stereocenters. The van der Waals surface area contributed by atoms with Gasteiger partial charge in [0, 0.05) is 12.3 Å². The van der Waals surface area contributed by atoms with Crippen LogP contribution in [0.25, 0.3) is 0 Å². The number of carbonyl (C=O) groups is 1. The summed E-state index contributed by atoms with van der Waals surface area (Å²) in [5.74, 6) is -0.487. The second kappa shape index (κ2) is 4.31. The third kappa shape index (κ3) is 5.82. The third-order valence-electron chi connectivity index (χ3n) is 1.05. The summed E-state index contributed by atoms with van der Waals surface area (Å²) in [6.45, 7) is 5.05.